The van der Waals surface area contributed by atoms with Crippen LogP contribution in [0.15, 0.2) is 0 Å². The van der Waals surface area contributed by atoms with Gasteiger partial charge in [0.25, 0.3) is 0 Å². The zero-order valence-electron chi connectivity index (χ0n) is 11.7. The van der Waals surface area contributed by atoms with Crippen molar-refractivity contribution in [1.82, 2.24) is 5.32 Å². The van der Waals surface area contributed by atoms with Crippen molar-refractivity contribution in [3.8, 4) is 0 Å². The van der Waals surface area contributed by atoms with E-state index >= 15 is 0 Å². The van der Waals surface area contributed by atoms with Gasteiger partial charge in [-0.05, 0) is 20.8 Å². The van der Waals surface area contributed by atoms with E-state index in [9.17, 15) is 13.2 Å². The molecule has 0 rings (SSSR count). The summed E-state index contributed by atoms with van der Waals surface area (Å²) in [6.45, 7) is 10.9. The molecule has 0 aromatic carbocycles. The number of carbonyl (C=O) groups excluding carboxylic acids is 1. The third-order valence-corrected chi connectivity index (χ3v) is 4.10. The fourth-order valence-electron chi connectivity index (χ4n) is 1.49. The summed E-state index contributed by atoms with van der Waals surface area (Å²) < 4.78 is 23.3. The number of Topliss-reactive ketones (excluding diaryl/α,β-unsaturated/α-hetero) is 1. The Morgan fingerprint density at radius 3 is 2.00 bits per heavy atom. The predicted octanol–water partition coefficient (Wildman–Crippen LogP) is 1.40. The Kier molecular flexibility index (Phi) is 5.81. The smallest absolute Gasteiger partial charge is 0.153 e. The average molecular weight is 263 g/mol. The fraction of sp³-hybridized carbons (Fsp3) is 0.917. The van der Waals surface area contributed by atoms with Crippen LogP contribution < -0.4 is 5.32 Å². The summed E-state index contributed by atoms with van der Waals surface area (Å²) in [6, 6.07) is -0.611. The highest BCUT2D eigenvalue weighted by Crippen LogP contribution is 2.09. The monoisotopic (exact) mass is 263 g/mol. The van der Waals surface area contributed by atoms with E-state index in [2.05, 4.69) is 5.32 Å². The van der Waals surface area contributed by atoms with Crippen LogP contribution in [0.5, 0.6) is 0 Å². The highest BCUT2D eigenvalue weighted by molar-refractivity contribution is 7.91. The van der Waals surface area contributed by atoms with E-state index in [-0.39, 0.29) is 28.7 Å². The van der Waals surface area contributed by atoms with Crippen LogP contribution >= 0.6 is 0 Å². The Morgan fingerprint density at radius 1 is 1.24 bits per heavy atom. The number of rotatable bonds is 6. The molecule has 0 aliphatic rings. The molecule has 0 fully saturated rings. The molecule has 0 aliphatic carbocycles. The van der Waals surface area contributed by atoms with Crippen LogP contribution in [0.4, 0.5) is 0 Å². The highest BCUT2D eigenvalue weighted by Gasteiger charge is 2.29. The third-order valence-electron chi connectivity index (χ3n) is 2.38. The molecule has 0 saturated heterocycles. The van der Waals surface area contributed by atoms with Gasteiger partial charge in [-0.25, -0.2) is 8.42 Å². The molecule has 1 unspecified atom stereocenters. The van der Waals surface area contributed by atoms with Crippen LogP contribution in [-0.4, -0.2) is 37.3 Å². The van der Waals surface area contributed by atoms with Crippen molar-refractivity contribution in [3.63, 3.8) is 0 Å². The predicted molar refractivity (Wildman–Crippen MR) is 70.8 cm³/mol. The molecule has 1 atom stereocenters. The molecule has 0 spiro atoms. The summed E-state index contributed by atoms with van der Waals surface area (Å²) in [5.74, 6) is -0.253. The quantitative estimate of drug-likeness (QED) is 0.787. The Hall–Kier alpha value is -0.420. The van der Waals surface area contributed by atoms with Crippen molar-refractivity contribution in [2.45, 2.75) is 53.1 Å². The maximum Gasteiger partial charge on any atom is 0.153 e. The van der Waals surface area contributed by atoms with Gasteiger partial charge in [0.15, 0.2) is 15.6 Å². The second-order valence-electron chi connectivity index (χ2n) is 5.70. The van der Waals surface area contributed by atoms with Gasteiger partial charge in [0.1, 0.15) is 0 Å². The second-order valence-corrected chi connectivity index (χ2v) is 8.10. The minimum Gasteiger partial charge on any atom is -0.302 e. The molecule has 0 bridgehead atoms. The molecule has 102 valence electrons. The standard InChI is InChI=1S/C12H25NO3S/c1-7-17(15,16)8-10(11(14)9(2)3)13-12(4,5)6/h9-10,13H,7-8H2,1-6H3. The van der Waals surface area contributed by atoms with Gasteiger partial charge < -0.3 is 5.32 Å². The average Bonchev–Trinajstić information content (AvgIpc) is 2.13. The molecule has 0 saturated carbocycles. The number of nitrogens with one attached hydrogen (secondary N) is 1. The van der Waals surface area contributed by atoms with Gasteiger partial charge in [0.05, 0.1) is 11.8 Å². The van der Waals surface area contributed by atoms with E-state index in [1.54, 1.807) is 20.8 Å². The van der Waals surface area contributed by atoms with Gasteiger partial charge in [-0.2, -0.15) is 0 Å². The first-order chi connectivity index (χ1) is 7.48. The van der Waals surface area contributed by atoms with Crippen molar-refractivity contribution in [2.75, 3.05) is 11.5 Å². The van der Waals surface area contributed by atoms with Crippen LogP contribution in [0.3, 0.4) is 0 Å². The lowest BCUT2D eigenvalue weighted by atomic mass is 9.99. The van der Waals surface area contributed by atoms with Crippen LogP contribution in [0.2, 0.25) is 0 Å². The molecule has 4 nitrogen and oxygen atoms in total. The lowest BCUT2D eigenvalue weighted by molar-refractivity contribution is -0.123. The van der Waals surface area contributed by atoms with Crippen molar-refractivity contribution in [1.29, 1.82) is 0 Å². The van der Waals surface area contributed by atoms with Gasteiger partial charge in [-0.1, -0.05) is 20.8 Å². The zero-order valence-corrected chi connectivity index (χ0v) is 12.5. The van der Waals surface area contributed by atoms with Gasteiger partial charge >= 0.3 is 0 Å². The highest BCUT2D eigenvalue weighted by atomic mass is 32.2. The Bertz CT molecular complexity index is 352. The molecule has 0 aromatic rings. The maximum absolute atomic E-state index is 12.0. The summed E-state index contributed by atoms with van der Waals surface area (Å²) in [6.07, 6.45) is 0. The summed E-state index contributed by atoms with van der Waals surface area (Å²) in [4.78, 5) is 12.0. The minimum atomic E-state index is -3.15. The van der Waals surface area contributed by atoms with Crippen LogP contribution in [0.25, 0.3) is 0 Å². The number of ketones is 1. The van der Waals surface area contributed by atoms with E-state index < -0.39 is 15.9 Å². The summed E-state index contributed by atoms with van der Waals surface area (Å²) >= 11 is 0. The normalized spacial score (nSPS) is 15.0. The lowest BCUT2D eigenvalue weighted by Gasteiger charge is -2.28. The molecule has 0 radical (unpaired) electrons. The zero-order chi connectivity index (χ0) is 13.9. The molecule has 5 heteroatoms. The van der Waals surface area contributed by atoms with Crippen molar-refractivity contribution in [3.05, 3.63) is 0 Å². The Balaban J connectivity index is 4.94. The van der Waals surface area contributed by atoms with Crippen molar-refractivity contribution in [2.24, 2.45) is 5.92 Å². The molecule has 1 N–H and O–H groups in total. The SMILES string of the molecule is CCS(=O)(=O)CC(NC(C)(C)C)C(=O)C(C)C. The van der Waals surface area contributed by atoms with Crippen LogP contribution in [0, 0.1) is 5.92 Å². The maximum atomic E-state index is 12.0. The largest absolute Gasteiger partial charge is 0.302 e. The van der Waals surface area contributed by atoms with Gasteiger partial charge in [0, 0.05) is 17.2 Å². The van der Waals surface area contributed by atoms with E-state index in [1.165, 1.54) is 0 Å². The third kappa shape index (κ3) is 6.78. The molecule has 17 heavy (non-hydrogen) atoms. The molecule has 0 aliphatic heterocycles. The molecule has 0 heterocycles. The molecule has 0 amide bonds. The number of hydrogen-bond donors (Lipinski definition) is 1. The van der Waals surface area contributed by atoms with Gasteiger partial charge in [-0.15, -0.1) is 0 Å². The summed E-state index contributed by atoms with van der Waals surface area (Å²) in [5.41, 5.74) is -0.279. The van der Waals surface area contributed by atoms with E-state index in [1.807, 2.05) is 20.8 Å². The topological polar surface area (TPSA) is 63.2 Å². The van der Waals surface area contributed by atoms with E-state index in [0.717, 1.165) is 0 Å². The fourth-order valence-corrected chi connectivity index (χ4v) is 2.48. The van der Waals surface area contributed by atoms with Crippen LogP contribution in [0.1, 0.15) is 41.5 Å². The molecular formula is C12H25NO3S. The van der Waals surface area contributed by atoms with E-state index in [0.29, 0.717) is 0 Å². The molecule has 0 aromatic heterocycles. The first-order valence-electron chi connectivity index (χ1n) is 6.00. The summed E-state index contributed by atoms with van der Waals surface area (Å²) in [7, 11) is -3.15. The van der Waals surface area contributed by atoms with Crippen molar-refractivity contribution < 1.29 is 13.2 Å². The number of hydrogen-bond acceptors (Lipinski definition) is 4. The van der Waals surface area contributed by atoms with Crippen LogP contribution in [-0.2, 0) is 14.6 Å². The molecular weight excluding hydrogens is 238 g/mol. The minimum absolute atomic E-state index is 0.0445. The Labute approximate surface area is 105 Å². The number of carbonyl (C=O) groups is 1. The number of sulfone groups is 1. The van der Waals surface area contributed by atoms with E-state index in [4.69, 9.17) is 0 Å². The second kappa shape index (κ2) is 5.96. The first kappa shape index (κ1) is 16.6. The lowest BCUT2D eigenvalue weighted by Crippen LogP contribution is -2.52. The van der Waals surface area contributed by atoms with Gasteiger partial charge in [-0.3, -0.25) is 4.79 Å². The van der Waals surface area contributed by atoms with Crippen molar-refractivity contribution >= 4 is 15.6 Å². The van der Waals surface area contributed by atoms with Gasteiger partial charge in [0.2, 0.25) is 0 Å². The first-order valence-corrected chi connectivity index (χ1v) is 7.82. The summed E-state index contributed by atoms with van der Waals surface area (Å²) in [5, 5.41) is 3.10. The Morgan fingerprint density at radius 2 is 1.71 bits per heavy atom.